The fourth-order valence-electron chi connectivity index (χ4n) is 7.88. The van der Waals surface area contributed by atoms with E-state index in [1.54, 1.807) is 0 Å². The largest absolute Gasteiger partial charge is 0.445 e. The van der Waals surface area contributed by atoms with Crippen molar-refractivity contribution < 1.29 is 19.7 Å². The molecular weight excluding hydrogens is 474 g/mol. The number of nitrogens with zero attached hydrogens (tertiary/aromatic N) is 1. The molecule has 0 aromatic carbocycles. The molecule has 1 aromatic rings. The quantitative estimate of drug-likeness (QED) is 0.347. The highest BCUT2D eigenvalue weighted by Crippen LogP contribution is 2.60. The van der Waals surface area contributed by atoms with Crippen LogP contribution in [0.2, 0.25) is 0 Å². The monoisotopic (exact) mass is 521 g/mol. The van der Waals surface area contributed by atoms with E-state index in [1.165, 1.54) is 31.3 Å². The van der Waals surface area contributed by atoms with Gasteiger partial charge in [-0.15, -0.1) is 0 Å². The lowest BCUT2D eigenvalue weighted by Crippen LogP contribution is -2.35. The number of rotatable bonds is 8. The predicted molar refractivity (Wildman–Crippen MR) is 150 cm³/mol. The van der Waals surface area contributed by atoms with Gasteiger partial charge in [0.05, 0.1) is 29.9 Å². The van der Waals surface area contributed by atoms with Gasteiger partial charge in [-0.3, -0.25) is 0 Å². The van der Waals surface area contributed by atoms with Gasteiger partial charge in [-0.05, 0) is 92.1 Å². The fourth-order valence-corrected chi connectivity index (χ4v) is 7.88. The van der Waals surface area contributed by atoms with Gasteiger partial charge in [-0.2, -0.15) is 0 Å². The van der Waals surface area contributed by atoms with E-state index in [0.29, 0.717) is 36.5 Å². The van der Waals surface area contributed by atoms with Crippen LogP contribution in [0.25, 0.3) is 0 Å². The topological polar surface area (TPSA) is 86.7 Å². The molecule has 208 valence electrons. The summed E-state index contributed by atoms with van der Waals surface area (Å²) in [6, 6.07) is 0. The van der Waals surface area contributed by atoms with E-state index in [2.05, 4.69) is 50.6 Å². The van der Waals surface area contributed by atoms with E-state index in [-0.39, 0.29) is 10.8 Å². The molecule has 5 heteroatoms. The van der Waals surface area contributed by atoms with Gasteiger partial charge in [0.2, 0.25) is 5.89 Å². The fraction of sp³-hybridized carbons (Fsp3) is 0.667. The van der Waals surface area contributed by atoms with E-state index >= 15 is 0 Å². The molecule has 1 aromatic heterocycles. The third-order valence-electron chi connectivity index (χ3n) is 10.4. The molecule has 0 bridgehead atoms. The molecular formula is C33H47NO4. The summed E-state index contributed by atoms with van der Waals surface area (Å²) in [6.45, 7) is 11.0. The van der Waals surface area contributed by atoms with Gasteiger partial charge < -0.3 is 19.7 Å². The zero-order chi connectivity index (χ0) is 27.1. The summed E-state index contributed by atoms with van der Waals surface area (Å²) >= 11 is 0. The van der Waals surface area contributed by atoms with Gasteiger partial charge in [0, 0.05) is 12.8 Å². The number of aromatic nitrogens is 1. The molecule has 0 radical (unpaired) electrons. The zero-order valence-electron chi connectivity index (χ0n) is 23.5. The molecule has 0 aliphatic heterocycles. The maximum Gasteiger partial charge on any atom is 0.203 e. The first-order valence-corrected chi connectivity index (χ1v) is 14.9. The number of hydrogen-bond donors (Lipinski definition) is 3. The van der Waals surface area contributed by atoms with Crippen molar-refractivity contribution in [1.29, 1.82) is 0 Å². The van der Waals surface area contributed by atoms with E-state index < -0.39 is 18.3 Å². The van der Waals surface area contributed by atoms with Crippen molar-refractivity contribution in [2.75, 3.05) is 0 Å². The van der Waals surface area contributed by atoms with E-state index in [0.717, 1.165) is 49.0 Å². The van der Waals surface area contributed by atoms with Crippen LogP contribution < -0.4 is 0 Å². The zero-order valence-corrected chi connectivity index (χ0v) is 23.5. The Hall–Kier alpha value is -1.95. The Bertz CT molecular complexity index is 1110. The summed E-state index contributed by atoms with van der Waals surface area (Å²) in [5, 5.41) is 31.5. The van der Waals surface area contributed by atoms with E-state index in [4.69, 9.17) is 4.42 Å². The number of aliphatic hydroxyl groups excluding tert-OH is 3. The Balaban J connectivity index is 1.27. The Labute approximate surface area is 228 Å². The van der Waals surface area contributed by atoms with Crippen LogP contribution in [0.1, 0.15) is 96.6 Å². The highest BCUT2D eigenvalue weighted by atomic mass is 16.4. The van der Waals surface area contributed by atoms with Gasteiger partial charge in [0.15, 0.2) is 0 Å². The molecule has 38 heavy (non-hydrogen) atoms. The molecule has 5 nitrogen and oxygen atoms in total. The lowest BCUT2D eigenvalue weighted by atomic mass is 9.61. The van der Waals surface area contributed by atoms with Gasteiger partial charge in [0.25, 0.3) is 0 Å². The minimum Gasteiger partial charge on any atom is -0.445 e. The molecule has 4 aliphatic carbocycles. The molecule has 0 spiro atoms. The Morgan fingerprint density at radius 1 is 1.18 bits per heavy atom. The summed E-state index contributed by atoms with van der Waals surface area (Å²) in [5.41, 5.74) is 3.15. The Morgan fingerprint density at radius 2 is 1.97 bits per heavy atom. The first-order chi connectivity index (χ1) is 18.2. The Kier molecular flexibility index (Phi) is 7.92. The van der Waals surface area contributed by atoms with Crippen molar-refractivity contribution in [3.05, 3.63) is 65.5 Å². The lowest BCUT2D eigenvalue weighted by Gasteiger charge is -2.44. The second-order valence-corrected chi connectivity index (χ2v) is 12.9. The molecule has 0 saturated heterocycles. The van der Waals surface area contributed by atoms with Crippen LogP contribution in [0.5, 0.6) is 0 Å². The van der Waals surface area contributed by atoms with Gasteiger partial charge >= 0.3 is 0 Å². The molecule has 1 heterocycles. The van der Waals surface area contributed by atoms with Crippen molar-refractivity contribution in [2.45, 2.75) is 115 Å². The standard InChI is InChI=1S/C33H47NO4/c1-5-7-26-20-34-31(38-26)33(16-17-33)30(37)14-9-21(2)27-12-13-28-23(8-6-15-32(27,28)4)10-11-24-18-25(35)19-29(36)22(24)3/h9-11,14,20-21,25,27-30,35-37H,3,5-8,12-13,15-19H2,1-2,4H3/b14-9+,23-10+,24-11-/t21-,25+,27+,28-,29-,30-,32+/m0/s1. The van der Waals surface area contributed by atoms with Crippen LogP contribution >= 0.6 is 0 Å². The maximum atomic E-state index is 11.2. The van der Waals surface area contributed by atoms with E-state index in [9.17, 15) is 15.3 Å². The van der Waals surface area contributed by atoms with Crippen molar-refractivity contribution >= 4 is 0 Å². The molecule has 4 fully saturated rings. The number of aryl methyl sites for hydroxylation is 1. The highest BCUT2D eigenvalue weighted by molar-refractivity contribution is 5.38. The van der Waals surface area contributed by atoms with Gasteiger partial charge in [-0.1, -0.05) is 57.2 Å². The first kappa shape index (κ1) is 27.6. The third-order valence-corrected chi connectivity index (χ3v) is 10.4. The van der Waals surface area contributed by atoms with Crippen LogP contribution in [0.3, 0.4) is 0 Å². The van der Waals surface area contributed by atoms with Crippen molar-refractivity contribution in [3.8, 4) is 0 Å². The molecule has 3 N–H and O–H groups in total. The maximum absolute atomic E-state index is 11.2. The van der Waals surface area contributed by atoms with Crippen molar-refractivity contribution in [3.63, 3.8) is 0 Å². The van der Waals surface area contributed by atoms with Gasteiger partial charge in [0.1, 0.15) is 5.76 Å². The molecule has 0 unspecified atom stereocenters. The van der Waals surface area contributed by atoms with Crippen LogP contribution in [-0.2, 0) is 11.8 Å². The highest BCUT2D eigenvalue weighted by Gasteiger charge is 2.54. The summed E-state index contributed by atoms with van der Waals surface area (Å²) < 4.78 is 6.01. The van der Waals surface area contributed by atoms with Gasteiger partial charge in [-0.25, -0.2) is 4.98 Å². The minimum atomic E-state index is -0.643. The van der Waals surface area contributed by atoms with Crippen LogP contribution in [0.4, 0.5) is 0 Å². The molecule has 0 amide bonds. The number of aliphatic hydroxyl groups is 3. The smallest absolute Gasteiger partial charge is 0.203 e. The Morgan fingerprint density at radius 3 is 2.71 bits per heavy atom. The molecule has 4 saturated carbocycles. The first-order valence-electron chi connectivity index (χ1n) is 14.9. The average molecular weight is 522 g/mol. The number of allylic oxidation sites excluding steroid dienone is 4. The lowest BCUT2D eigenvalue weighted by molar-refractivity contribution is 0.0862. The summed E-state index contributed by atoms with van der Waals surface area (Å²) in [4.78, 5) is 4.53. The normalized spacial score (nSPS) is 36.6. The van der Waals surface area contributed by atoms with Crippen LogP contribution in [0, 0.1) is 23.2 Å². The van der Waals surface area contributed by atoms with E-state index in [1.807, 2.05) is 12.3 Å². The molecule has 7 atom stereocenters. The van der Waals surface area contributed by atoms with Crippen LogP contribution in [-0.4, -0.2) is 38.6 Å². The van der Waals surface area contributed by atoms with Crippen molar-refractivity contribution in [1.82, 2.24) is 4.98 Å². The summed E-state index contributed by atoms with van der Waals surface area (Å²) in [5.74, 6) is 3.14. The third kappa shape index (κ3) is 5.14. The SMILES string of the molecule is C=C1/C(=C\C=C2/CCC[C@]3(C)[C@@H]([C@@H](C)/C=C/[C@H](O)C4(c5ncc(CCC)o5)CC4)CC[C@@H]23)C[C@@H](O)C[C@@H]1O. The average Bonchev–Trinajstić information content (AvgIpc) is 3.42. The summed E-state index contributed by atoms with van der Waals surface area (Å²) in [7, 11) is 0. The second kappa shape index (κ2) is 10.9. The van der Waals surface area contributed by atoms with Crippen molar-refractivity contribution in [2.24, 2.45) is 23.2 Å². The number of oxazole rings is 1. The molecule has 5 rings (SSSR count). The minimum absolute atomic E-state index is 0.245. The van der Waals surface area contributed by atoms with Crippen LogP contribution in [0.15, 0.2) is 58.2 Å². The predicted octanol–water partition coefficient (Wildman–Crippen LogP) is 6.35. The second-order valence-electron chi connectivity index (χ2n) is 12.9. The number of hydrogen-bond acceptors (Lipinski definition) is 5. The molecule has 4 aliphatic rings. The summed E-state index contributed by atoms with van der Waals surface area (Å²) in [6.07, 6.45) is 19.5. The number of fused-ring (bicyclic) bond motifs is 1.